The standard InChI is InChI=1S/C30H36N2O2/c1-21-13-14-26(22(2)19-21)27-28(30(34)32(29(27)33)25-11-7-4-8-12-25)31-17-15-24(16-18-31)20-23-9-5-3-6-10-23/h3,5-6,9-10,13-14,19,24-25H,4,7-8,11-12,15-18,20H2,1-2H3. The molecule has 0 N–H and O–H groups in total. The molecule has 3 aliphatic rings. The van der Waals surface area contributed by atoms with Crippen molar-refractivity contribution in [3.8, 4) is 0 Å². The smallest absolute Gasteiger partial charge is 0.278 e. The summed E-state index contributed by atoms with van der Waals surface area (Å²) in [6.07, 6.45) is 8.44. The Balaban J connectivity index is 1.43. The molecule has 0 bridgehead atoms. The molecule has 0 spiro atoms. The Morgan fingerprint density at radius 2 is 1.53 bits per heavy atom. The van der Waals surface area contributed by atoms with Crippen molar-refractivity contribution in [2.75, 3.05) is 13.1 Å². The second-order valence-electron chi connectivity index (χ2n) is 10.4. The van der Waals surface area contributed by atoms with Gasteiger partial charge in [-0.15, -0.1) is 0 Å². The third kappa shape index (κ3) is 4.43. The van der Waals surface area contributed by atoms with Crippen LogP contribution >= 0.6 is 0 Å². The van der Waals surface area contributed by atoms with E-state index < -0.39 is 0 Å². The fourth-order valence-electron chi connectivity index (χ4n) is 6.14. The van der Waals surface area contributed by atoms with Gasteiger partial charge in [-0.3, -0.25) is 14.5 Å². The number of carbonyl (C=O) groups is 2. The van der Waals surface area contributed by atoms with Crippen LogP contribution in [-0.2, 0) is 16.0 Å². The lowest BCUT2D eigenvalue weighted by atomic mass is 9.89. The van der Waals surface area contributed by atoms with Crippen LogP contribution < -0.4 is 0 Å². The summed E-state index contributed by atoms with van der Waals surface area (Å²) >= 11 is 0. The van der Waals surface area contributed by atoms with Crippen molar-refractivity contribution in [3.05, 3.63) is 76.5 Å². The highest BCUT2D eigenvalue weighted by Gasteiger charge is 2.45. The molecule has 0 atom stereocenters. The van der Waals surface area contributed by atoms with E-state index in [1.165, 1.54) is 17.5 Å². The molecule has 2 aromatic rings. The minimum Gasteiger partial charge on any atom is -0.366 e. The minimum atomic E-state index is -0.0785. The van der Waals surface area contributed by atoms with E-state index in [2.05, 4.69) is 61.2 Å². The Bertz CT molecular complexity index is 1090. The van der Waals surface area contributed by atoms with Gasteiger partial charge >= 0.3 is 0 Å². The van der Waals surface area contributed by atoms with E-state index in [0.717, 1.165) is 69.2 Å². The number of likely N-dealkylation sites (tertiary alicyclic amines) is 1. The summed E-state index contributed by atoms with van der Waals surface area (Å²) in [6, 6.07) is 16.9. The monoisotopic (exact) mass is 456 g/mol. The molecule has 0 aromatic heterocycles. The summed E-state index contributed by atoms with van der Waals surface area (Å²) in [5.74, 6) is 0.476. The predicted octanol–water partition coefficient (Wildman–Crippen LogP) is 5.67. The van der Waals surface area contributed by atoms with Gasteiger partial charge in [0.1, 0.15) is 5.70 Å². The van der Waals surface area contributed by atoms with Gasteiger partial charge in [-0.05, 0) is 68.6 Å². The Morgan fingerprint density at radius 3 is 2.21 bits per heavy atom. The van der Waals surface area contributed by atoms with Crippen molar-refractivity contribution in [3.63, 3.8) is 0 Å². The van der Waals surface area contributed by atoms with E-state index in [0.29, 0.717) is 17.2 Å². The molecule has 1 saturated carbocycles. The molecule has 2 heterocycles. The van der Waals surface area contributed by atoms with E-state index in [1.54, 1.807) is 4.90 Å². The number of nitrogens with zero attached hydrogens (tertiary/aromatic N) is 2. The first-order chi connectivity index (χ1) is 16.5. The maximum absolute atomic E-state index is 13.9. The first kappa shape index (κ1) is 22.9. The Hall–Kier alpha value is -2.88. The van der Waals surface area contributed by atoms with Gasteiger partial charge in [-0.2, -0.15) is 0 Å². The molecule has 4 nitrogen and oxygen atoms in total. The molecule has 2 amide bonds. The van der Waals surface area contributed by atoms with Gasteiger partial charge in [0.05, 0.1) is 5.57 Å². The Morgan fingerprint density at radius 1 is 0.824 bits per heavy atom. The number of amides is 2. The molecule has 5 rings (SSSR count). The highest BCUT2D eigenvalue weighted by atomic mass is 16.2. The number of benzene rings is 2. The van der Waals surface area contributed by atoms with Crippen molar-refractivity contribution in [1.29, 1.82) is 0 Å². The van der Waals surface area contributed by atoms with Gasteiger partial charge in [0.15, 0.2) is 0 Å². The summed E-state index contributed by atoms with van der Waals surface area (Å²) in [5.41, 5.74) is 5.83. The molecule has 0 unspecified atom stereocenters. The summed E-state index contributed by atoms with van der Waals surface area (Å²) in [6.45, 7) is 5.79. The fraction of sp³-hybridized carbons (Fsp3) is 0.467. The molecule has 178 valence electrons. The molecule has 4 heteroatoms. The van der Waals surface area contributed by atoms with Gasteiger partial charge in [-0.25, -0.2) is 0 Å². The van der Waals surface area contributed by atoms with Crippen LogP contribution in [0.1, 0.15) is 67.2 Å². The highest BCUT2D eigenvalue weighted by Crippen LogP contribution is 2.38. The van der Waals surface area contributed by atoms with Crippen LogP contribution in [0, 0.1) is 19.8 Å². The summed E-state index contributed by atoms with van der Waals surface area (Å²) in [7, 11) is 0. The maximum Gasteiger partial charge on any atom is 0.278 e. The van der Waals surface area contributed by atoms with Gasteiger partial charge in [0.2, 0.25) is 0 Å². The van der Waals surface area contributed by atoms with Crippen molar-refractivity contribution in [2.45, 2.75) is 71.3 Å². The zero-order valence-corrected chi connectivity index (χ0v) is 20.6. The van der Waals surface area contributed by atoms with Crippen molar-refractivity contribution in [2.24, 2.45) is 5.92 Å². The number of imide groups is 1. The second-order valence-corrected chi connectivity index (χ2v) is 10.4. The number of hydrogen-bond acceptors (Lipinski definition) is 3. The lowest BCUT2D eigenvalue weighted by molar-refractivity contribution is -0.141. The minimum absolute atomic E-state index is 0.0441. The number of carbonyl (C=O) groups excluding carboxylic acids is 2. The van der Waals surface area contributed by atoms with E-state index in [-0.39, 0.29) is 17.9 Å². The maximum atomic E-state index is 13.9. The third-order valence-electron chi connectivity index (χ3n) is 7.98. The second kappa shape index (κ2) is 9.77. The summed E-state index contributed by atoms with van der Waals surface area (Å²) < 4.78 is 0. The van der Waals surface area contributed by atoms with E-state index in [9.17, 15) is 9.59 Å². The summed E-state index contributed by atoms with van der Waals surface area (Å²) in [5, 5.41) is 0. The molecular weight excluding hydrogens is 420 g/mol. The quantitative estimate of drug-likeness (QED) is 0.544. The van der Waals surface area contributed by atoms with Crippen LogP contribution in [-0.4, -0.2) is 40.7 Å². The normalized spacial score (nSPS) is 20.5. The Kier molecular flexibility index (Phi) is 6.58. The molecule has 1 saturated heterocycles. The van der Waals surface area contributed by atoms with Gasteiger partial charge in [0.25, 0.3) is 11.8 Å². The topological polar surface area (TPSA) is 40.6 Å². The number of aryl methyl sites for hydroxylation is 2. The number of piperidine rings is 1. The molecule has 2 fully saturated rings. The third-order valence-corrected chi connectivity index (χ3v) is 7.98. The molecule has 2 aliphatic heterocycles. The van der Waals surface area contributed by atoms with E-state index >= 15 is 0 Å². The van der Waals surface area contributed by atoms with E-state index in [4.69, 9.17) is 0 Å². The predicted molar refractivity (Wildman–Crippen MR) is 136 cm³/mol. The van der Waals surface area contributed by atoms with Crippen molar-refractivity contribution >= 4 is 17.4 Å². The molecular formula is C30H36N2O2. The van der Waals surface area contributed by atoms with Crippen LogP contribution in [0.5, 0.6) is 0 Å². The largest absolute Gasteiger partial charge is 0.366 e. The van der Waals surface area contributed by atoms with Crippen LogP contribution in [0.3, 0.4) is 0 Å². The average Bonchev–Trinajstić information content (AvgIpc) is 3.10. The van der Waals surface area contributed by atoms with Gasteiger partial charge < -0.3 is 4.90 Å². The molecule has 0 radical (unpaired) electrons. The van der Waals surface area contributed by atoms with Gasteiger partial charge in [0, 0.05) is 19.1 Å². The molecule has 2 aromatic carbocycles. The van der Waals surface area contributed by atoms with Crippen LogP contribution in [0.2, 0.25) is 0 Å². The number of rotatable bonds is 5. The first-order valence-electron chi connectivity index (χ1n) is 13.0. The summed E-state index contributed by atoms with van der Waals surface area (Å²) in [4.78, 5) is 31.5. The van der Waals surface area contributed by atoms with Crippen LogP contribution in [0.15, 0.2) is 54.2 Å². The lowest BCUT2D eigenvalue weighted by Crippen LogP contribution is -2.44. The van der Waals surface area contributed by atoms with Crippen molar-refractivity contribution in [1.82, 2.24) is 9.80 Å². The zero-order chi connectivity index (χ0) is 23.7. The van der Waals surface area contributed by atoms with Crippen LogP contribution in [0.25, 0.3) is 5.57 Å². The van der Waals surface area contributed by atoms with E-state index in [1.807, 2.05) is 6.07 Å². The first-order valence-corrected chi connectivity index (χ1v) is 13.0. The van der Waals surface area contributed by atoms with Crippen molar-refractivity contribution < 1.29 is 9.59 Å². The lowest BCUT2D eigenvalue weighted by Gasteiger charge is -2.35. The fourth-order valence-corrected chi connectivity index (χ4v) is 6.14. The molecule has 34 heavy (non-hydrogen) atoms. The zero-order valence-electron chi connectivity index (χ0n) is 20.6. The number of hydrogen-bond donors (Lipinski definition) is 0. The Labute approximate surface area is 203 Å². The molecule has 1 aliphatic carbocycles. The van der Waals surface area contributed by atoms with Gasteiger partial charge in [-0.1, -0.05) is 73.4 Å². The SMILES string of the molecule is Cc1ccc(C2=C(N3CCC(Cc4ccccc4)CC3)C(=O)N(C3CCCCC3)C2=O)c(C)c1. The highest BCUT2D eigenvalue weighted by molar-refractivity contribution is 6.36. The van der Waals surface area contributed by atoms with Crippen LogP contribution in [0.4, 0.5) is 0 Å². The average molecular weight is 457 g/mol.